The summed E-state index contributed by atoms with van der Waals surface area (Å²) >= 11 is 0. The summed E-state index contributed by atoms with van der Waals surface area (Å²) in [6.07, 6.45) is -6.64. The van der Waals surface area contributed by atoms with Crippen LogP contribution in [-0.4, -0.2) is 24.0 Å². The molecule has 0 fully saturated rings. The lowest BCUT2D eigenvalue weighted by molar-refractivity contribution is -0.387. The van der Waals surface area contributed by atoms with Crippen LogP contribution in [0, 0.1) is 0 Å². The molecule has 10 heteroatoms. The Labute approximate surface area is 72.1 Å². The second kappa shape index (κ2) is 3.59. The zero-order valence-electron chi connectivity index (χ0n) is 6.17. The van der Waals surface area contributed by atoms with E-state index in [1.807, 2.05) is 0 Å². The number of carboxylic acids is 1. The molecule has 0 aliphatic rings. The molecule has 0 aliphatic carbocycles. The first kappa shape index (κ1) is 15.4. The molecule has 0 aromatic heterocycles. The number of carbonyl (C=O) groups excluding carboxylic acids is 1. The highest BCUT2D eigenvalue weighted by atomic mass is 19.4. The van der Waals surface area contributed by atoms with Gasteiger partial charge in [0, 0.05) is 0 Å². The average molecular weight is 230 g/mol. The monoisotopic (exact) mass is 230 g/mol. The molecule has 0 aromatic rings. The molecule has 14 heavy (non-hydrogen) atoms. The highest BCUT2D eigenvalue weighted by Gasteiger charge is 2.73. The van der Waals surface area contributed by atoms with E-state index in [0.29, 0.717) is 0 Å². The lowest BCUT2D eigenvalue weighted by atomic mass is 10.1. The molecule has 0 radical (unpaired) electrons. The van der Waals surface area contributed by atoms with Gasteiger partial charge in [-0.2, -0.15) is 30.7 Å². The molecule has 86 valence electrons. The van der Waals surface area contributed by atoms with Gasteiger partial charge in [0.1, 0.15) is 5.97 Å². The Balaban J connectivity index is 0. The van der Waals surface area contributed by atoms with Crippen LogP contribution in [0.25, 0.3) is 0 Å². The van der Waals surface area contributed by atoms with Crippen molar-refractivity contribution in [1.82, 2.24) is 6.15 Å². The summed E-state index contributed by atoms with van der Waals surface area (Å²) in [6, 6.07) is 0. The topological polar surface area (TPSA) is 75.1 Å². The molecular formula is C4H3F7NO2-. The Morgan fingerprint density at radius 2 is 1.21 bits per heavy atom. The highest BCUT2D eigenvalue weighted by Crippen LogP contribution is 2.45. The first-order valence-electron chi connectivity index (χ1n) is 2.48. The van der Waals surface area contributed by atoms with Gasteiger partial charge in [0.2, 0.25) is 0 Å². The standard InChI is InChI=1S/C4HF7O2.H3N/c5-2(6,1(12)13)3(7,8)4(9,10)11;/h(H,12,13);1H3/p-1. The van der Waals surface area contributed by atoms with Gasteiger partial charge in [-0.25, -0.2) is 0 Å². The fraction of sp³-hybridized carbons (Fsp3) is 0.750. The Bertz CT molecular complexity index is 222. The Hall–Kier alpha value is -1.06. The van der Waals surface area contributed by atoms with Crippen LogP contribution >= 0.6 is 0 Å². The van der Waals surface area contributed by atoms with Crippen LogP contribution in [0.15, 0.2) is 0 Å². The predicted molar refractivity (Wildman–Crippen MR) is 26.0 cm³/mol. The number of alkyl halides is 7. The summed E-state index contributed by atoms with van der Waals surface area (Å²) in [5.41, 5.74) is 0. The van der Waals surface area contributed by atoms with Gasteiger partial charge in [-0.15, -0.1) is 0 Å². The molecule has 0 unspecified atom stereocenters. The van der Waals surface area contributed by atoms with Crippen molar-refractivity contribution in [2.24, 2.45) is 0 Å². The van der Waals surface area contributed by atoms with E-state index in [4.69, 9.17) is 0 Å². The average Bonchev–Trinajstić information content (AvgIpc) is 1.84. The summed E-state index contributed by atoms with van der Waals surface area (Å²) in [5, 5.41) is 9.27. The van der Waals surface area contributed by atoms with Crippen LogP contribution in [0.3, 0.4) is 0 Å². The third kappa shape index (κ3) is 2.05. The molecule has 0 saturated carbocycles. The second-order valence-corrected chi connectivity index (χ2v) is 1.93. The molecule has 0 heterocycles. The van der Waals surface area contributed by atoms with Crippen molar-refractivity contribution in [3.63, 3.8) is 0 Å². The minimum absolute atomic E-state index is 0. The van der Waals surface area contributed by atoms with Crippen molar-refractivity contribution in [1.29, 1.82) is 0 Å². The molecule has 0 amide bonds. The number of rotatable bonds is 2. The van der Waals surface area contributed by atoms with E-state index < -0.39 is 24.0 Å². The van der Waals surface area contributed by atoms with Crippen molar-refractivity contribution in [2.45, 2.75) is 18.0 Å². The molecule has 0 saturated heterocycles. The predicted octanol–water partition coefficient (Wildman–Crippen LogP) is 0.731. The van der Waals surface area contributed by atoms with E-state index in [-0.39, 0.29) is 6.15 Å². The van der Waals surface area contributed by atoms with E-state index in [1.54, 1.807) is 0 Å². The highest BCUT2D eigenvalue weighted by molar-refractivity contribution is 5.74. The van der Waals surface area contributed by atoms with E-state index >= 15 is 0 Å². The van der Waals surface area contributed by atoms with E-state index in [1.165, 1.54) is 0 Å². The zero-order chi connectivity index (χ0) is 11.1. The van der Waals surface area contributed by atoms with E-state index in [0.717, 1.165) is 0 Å². The van der Waals surface area contributed by atoms with Gasteiger partial charge >= 0.3 is 18.0 Å². The quantitative estimate of drug-likeness (QED) is 0.710. The molecule has 3 nitrogen and oxygen atoms in total. The van der Waals surface area contributed by atoms with E-state index in [2.05, 4.69) is 0 Å². The Morgan fingerprint density at radius 1 is 0.929 bits per heavy atom. The molecule has 0 bridgehead atoms. The molecule has 3 N–H and O–H groups in total. The fourth-order valence-electron chi connectivity index (χ4n) is 0.306. The maximum atomic E-state index is 11.7. The number of hydrogen-bond acceptors (Lipinski definition) is 3. The lowest BCUT2D eigenvalue weighted by Gasteiger charge is -2.28. The third-order valence-electron chi connectivity index (χ3n) is 1.01. The van der Waals surface area contributed by atoms with Crippen molar-refractivity contribution in [2.75, 3.05) is 0 Å². The van der Waals surface area contributed by atoms with Crippen LogP contribution in [0.2, 0.25) is 0 Å². The van der Waals surface area contributed by atoms with Crippen molar-refractivity contribution >= 4 is 5.97 Å². The molecule has 0 aliphatic heterocycles. The summed E-state index contributed by atoms with van der Waals surface area (Å²) in [7, 11) is 0. The van der Waals surface area contributed by atoms with E-state index in [9.17, 15) is 40.6 Å². The van der Waals surface area contributed by atoms with Crippen molar-refractivity contribution in [3.05, 3.63) is 0 Å². The minimum atomic E-state index is -6.64. The van der Waals surface area contributed by atoms with Crippen LogP contribution in [0.5, 0.6) is 0 Å². The number of halogens is 7. The van der Waals surface area contributed by atoms with Gasteiger partial charge in [-0.1, -0.05) is 0 Å². The second-order valence-electron chi connectivity index (χ2n) is 1.93. The van der Waals surface area contributed by atoms with Crippen LogP contribution < -0.4 is 11.3 Å². The lowest BCUT2D eigenvalue weighted by Crippen LogP contribution is -2.60. The third-order valence-corrected chi connectivity index (χ3v) is 1.01. The minimum Gasteiger partial charge on any atom is -0.544 e. The van der Waals surface area contributed by atoms with Crippen LogP contribution in [0.1, 0.15) is 0 Å². The largest absolute Gasteiger partial charge is 0.544 e. The van der Waals surface area contributed by atoms with Gasteiger partial charge in [-0.3, -0.25) is 0 Å². The summed E-state index contributed by atoms with van der Waals surface area (Å²) in [5.74, 6) is -16.7. The fourth-order valence-corrected chi connectivity index (χ4v) is 0.306. The first-order chi connectivity index (χ1) is 5.44. The Kier molecular flexibility index (Phi) is 3.96. The van der Waals surface area contributed by atoms with Gasteiger partial charge in [0.05, 0.1) is 0 Å². The van der Waals surface area contributed by atoms with Gasteiger partial charge in [-0.05, 0) is 0 Å². The van der Waals surface area contributed by atoms with Gasteiger partial charge in [0.25, 0.3) is 0 Å². The summed E-state index contributed by atoms with van der Waals surface area (Å²) < 4.78 is 80.2. The molecular weight excluding hydrogens is 227 g/mol. The molecule has 0 atom stereocenters. The summed E-state index contributed by atoms with van der Waals surface area (Å²) in [4.78, 5) is 9.27. The molecule has 0 aromatic carbocycles. The normalized spacial score (nSPS) is 13.4. The SMILES string of the molecule is N.O=C([O-])C(F)(F)C(F)(F)C(F)(F)F. The number of aliphatic carboxylic acids is 1. The molecule has 0 rings (SSSR count). The maximum absolute atomic E-state index is 11.7. The number of carboxylic acid groups (broad SMARTS) is 1. The summed E-state index contributed by atoms with van der Waals surface area (Å²) in [6.45, 7) is 0. The first-order valence-corrected chi connectivity index (χ1v) is 2.48. The Morgan fingerprint density at radius 3 is 1.29 bits per heavy atom. The maximum Gasteiger partial charge on any atom is 0.460 e. The van der Waals surface area contributed by atoms with Crippen LogP contribution in [0.4, 0.5) is 30.7 Å². The zero-order valence-corrected chi connectivity index (χ0v) is 6.17. The van der Waals surface area contributed by atoms with Crippen molar-refractivity contribution < 1.29 is 40.6 Å². The number of carbonyl (C=O) groups is 1. The smallest absolute Gasteiger partial charge is 0.460 e. The van der Waals surface area contributed by atoms with Crippen molar-refractivity contribution in [3.8, 4) is 0 Å². The van der Waals surface area contributed by atoms with Gasteiger partial charge in [0.15, 0.2) is 0 Å². The van der Waals surface area contributed by atoms with Crippen LogP contribution in [-0.2, 0) is 4.79 Å². The molecule has 0 spiro atoms. The number of hydrogen-bond donors (Lipinski definition) is 1. The van der Waals surface area contributed by atoms with Gasteiger partial charge < -0.3 is 16.1 Å².